The van der Waals surface area contributed by atoms with E-state index in [1.165, 1.54) is 0 Å². The summed E-state index contributed by atoms with van der Waals surface area (Å²) >= 11 is 0. The lowest BCUT2D eigenvalue weighted by molar-refractivity contribution is 0.400. The lowest BCUT2D eigenvalue weighted by atomic mass is 10.0. The number of sulfonamides is 1. The maximum atomic E-state index is 11.9. The third-order valence-corrected chi connectivity index (χ3v) is 4.75. The number of piperidine rings is 1. The molecule has 1 aliphatic rings. The molecule has 1 aromatic rings. The second-order valence-electron chi connectivity index (χ2n) is 4.78. The molecule has 100 valence electrons. The third-order valence-electron chi connectivity index (χ3n) is 3.25. The van der Waals surface area contributed by atoms with Crippen LogP contribution in [-0.4, -0.2) is 27.3 Å². The van der Waals surface area contributed by atoms with Gasteiger partial charge in [-0.2, -0.15) is 0 Å². The monoisotopic (exact) mass is 268 g/mol. The molecule has 1 aliphatic heterocycles. The minimum Gasteiger partial charge on any atom is -0.317 e. The van der Waals surface area contributed by atoms with Crippen molar-refractivity contribution in [2.24, 2.45) is 5.92 Å². The first-order valence-electron chi connectivity index (χ1n) is 6.38. The summed E-state index contributed by atoms with van der Waals surface area (Å²) in [4.78, 5) is 0. The molecule has 1 saturated heterocycles. The zero-order valence-corrected chi connectivity index (χ0v) is 11.2. The normalized spacial score (nSPS) is 17.8. The van der Waals surface area contributed by atoms with Crippen LogP contribution in [-0.2, 0) is 16.6 Å². The molecule has 1 aromatic carbocycles. The Morgan fingerprint density at radius 1 is 1.17 bits per heavy atom. The number of rotatable bonds is 5. The first-order chi connectivity index (χ1) is 8.66. The topological polar surface area (TPSA) is 58.2 Å². The summed E-state index contributed by atoms with van der Waals surface area (Å²) in [7, 11) is -3.16. The molecular weight excluding hydrogens is 248 g/mol. The molecule has 0 amide bonds. The van der Waals surface area contributed by atoms with Crippen LogP contribution in [0.1, 0.15) is 18.4 Å². The van der Waals surface area contributed by atoms with Crippen LogP contribution in [0.3, 0.4) is 0 Å². The molecule has 5 heteroatoms. The van der Waals surface area contributed by atoms with Gasteiger partial charge in [0.05, 0.1) is 5.75 Å². The number of hydrogen-bond acceptors (Lipinski definition) is 3. The van der Waals surface area contributed by atoms with Gasteiger partial charge in [0.15, 0.2) is 0 Å². The summed E-state index contributed by atoms with van der Waals surface area (Å²) in [5, 5.41) is 3.24. The van der Waals surface area contributed by atoms with Crippen molar-refractivity contribution >= 4 is 10.0 Å². The van der Waals surface area contributed by atoms with Gasteiger partial charge in [-0.25, -0.2) is 13.1 Å². The number of benzene rings is 1. The van der Waals surface area contributed by atoms with E-state index in [1.54, 1.807) is 0 Å². The molecular formula is C13H20N2O2S. The molecule has 0 spiro atoms. The number of nitrogens with one attached hydrogen (secondary N) is 2. The summed E-state index contributed by atoms with van der Waals surface area (Å²) in [6.07, 6.45) is 1.90. The van der Waals surface area contributed by atoms with Crippen molar-refractivity contribution < 1.29 is 8.42 Å². The third kappa shape index (κ3) is 4.40. The van der Waals surface area contributed by atoms with Crippen molar-refractivity contribution in [2.45, 2.75) is 19.4 Å². The van der Waals surface area contributed by atoms with Crippen molar-refractivity contribution in [2.75, 3.05) is 18.8 Å². The Kier molecular flexibility index (Phi) is 4.74. The van der Waals surface area contributed by atoms with E-state index in [1.807, 2.05) is 30.3 Å². The fraction of sp³-hybridized carbons (Fsp3) is 0.538. The van der Waals surface area contributed by atoms with Gasteiger partial charge in [-0.3, -0.25) is 0 Å². The average Bonchev–Trinajstić information content (AvgIpc) is 2.38. The van der Waals surface area contributed by atoms with Crippen molar-refractivity contribution in [3.8, 4) is 0 Å². The zero-order chi connectivity index (χ0) is 12.8. The van der Waals surface area contributed by atoms with Crippen molar-refractivity contribution in [3.05, 3.63) is 35.9 Å². The van der Waals surface area contributed by atoms with E-state index < -0.39 is 10.0 Å². The first kappa shape index (κ1) is 13.5. The van der Waals surface area contributed by atoms with Gasteiger partial charge in [0.2, 0.25) is 10.0 Å². The Morgan fingerprint density at radius 2 is 1.83 bits per heavy atom. The summed E-state index contributed by atoms with van der Waals surface area (Å²) in [6.45, 7) is 2.24. The van der Waals surface area contributed by atoms with E-state index in [0.29, 0.717) is 12.5 Å². The number of hydrogen-bond donors (Lipinski definition) is 2. The molecule has 4 nitrogen and oxygen atoms in total. The molecule has 0 saturated carbocycles. The minimum absolute atomic E-state index is 0.252. The highest BCUT2D eigenvalue weighted by Crippen LogP contribution is 2.13. The molecule has 1 fully saturated rings. The van der Waals surface area contributed by atoms with Gasteiger partial charge in [-0.1, -0.05) is 30.3 Å². The van der Waals surface area contributed by atoms with E-state index in [2.05, 4.69) is 10.0 Å². The van der Waals surface area contributed by atoms with Gasteiger partial charge >= 0.3 is 0 Å². The van der Waals surface area contributed by atoms with Crippen molar-refractivity contribution in [1.82, 2.24) is 10.0 Å². The van der Waals surface area contributed by atoms with Crippen LogP contribution in [0.2, 0.25) is 0 Å². The molecule has 18 heavy (non-hydrogen) atoms. The molecule has 0 aromatic heterocycles. The quantitative estimate of drug-likeness (QED) is 0.841. The molecule has 2 N–H and O–H groups in total. The van der Waals surface area contributed by atoms with E-state index >= 15 is 0 Å². The highest BCUT2D eigenvalue weighted by molar-refractivity contribution is 7.89. The van der Waals surface area contributed by atoms with Crippen LogP contribution in [0.4, 0.5) is 0 Å². The summed E-state index contributed by atoms with van der Waals surface area (Å²) in [5.74, 6) is 0.543. The second-order valence-corrected chi connectivity index (χ2v) is 6.63. The molecule has 0 radical (unpaired) electrons. The Hall–Kier alpha value is -0.910. The van der Waals surface area contributed by atoms with Crippen LogP contribution in [0.25, 0.3) is 0 Å². The van der Waals surface area contributed by atoms with Gasteiger partial charge in [0, 0.05) is 6.54 Å². The van der Waals surface area contributed by atoms with Gasteiger partial charge in [-0.05, 0) is 37.4 Å². The second kappa shape index (κ2) is 6.31. The molecule has 0 aliphatic carbocycles. The van der Waals surface area contributed by atoms with E-state index in [0.717, 1.165) is 31.5 Å². The Morgan fingerprint density at radius 3 is 2.50 bits per heavy atom. The predicted octanol–water partition coefficient (Wildman–Crippen LogP) is 1.11. The maximum Gasteiger partial charge on any atom is 0.212 e. The highest BCUT2D eigenvalue weighted by atomic mass is 32.2. The molecule has 0 unspecified atom stereocenters. The molecule has 0 atom stereocenters. The van der Waals surface area contributed by atoms with Gasteiger partial charge in [0.1, 0.15) is 0 Å². The lowest BCUT2D eigenvalue weighted by Crippen LogP contribution is -2.35. The first-order valence-corrected chi connectivity index (χ1v) is 8.03. The minimum atomic E-state index is -3.16. The van der Waals surface area contributed by atoms with Gasteiger partial charge in [-0.15, -0.1) is 0 Å². The van der Waals surface area contributed by atoms with Crippen LogP contribution in [0.5, 0.6) is 0 Å². The summed E-state index contributed by atoms with van der Waals surface area (Å²) in [6, 6.07) is 9.60. The SMILES string of the molecule is O=S(=O)(CC1CCNCC1)NCc1ccccc1. The fourth-order valence-electron chi connectivity index (χ4n) is 2.21. The Labute approximate surface area is 109 Å². The largest absolute Gasteiger partial charge is 0.317 e. The predicted molar refractivity (Wildman–Crippen MR) is 72.7 cm³/mol. The van der Waals surface area contributed by atoms with Crippen molar-refractivity contribution in [3.63, 3.8) is 0 Å². The molecule has 1 heterocycles. The fourth-order valence-corrected chi connectivity index (χ4v) is 3.67. The van der Waals surface area contributed by atoms with E-state index in [-0.39, 0.29) is 5.75 Å². The smallest absolute Gasteiger partial charge is 0.212 e. The summed E-state index contributed by atoms with van der Waals surface area (Å²) < 4.78 is 26.6. The zero-order valence-electron chi connectivity index (χ0n) is 10.4. The standard InChI is InChI=1S/C13H20N2O2S/c16-18(17,11-13-6-8-14-9-7-13)15-10-12-4-2-1-3-5-12/h1-5,13-15H,6-11H2. The highest BCUT2D eigenvalue weighted by Gasteiger charge is 2.20. The maximum absolute atomic E-state index is 11.9. The van der Waals surface area contributed by atoms with Crippen molar-refractivity contribution in [1.29, 1.82) is 0 Å². The molecule has 2 rings (SSSR count). The van der Waals surface area contributed by atoms with Gasteiger partial charge in [0.25, 0.3) is 0 Å². The van der Waals surface area contributed by atoms with Crippen LogP contribution < -0.4 is 10.0 Å². The van der Waals surface area contributed by atoms with Crippen LogP contribution in [0.15, 0.2) is 30.3 Å². The van der Waals surface area contributed by atoms with E-state index in [9.17, 15) is 8.42 Å². The Bertz CT molecular complexity index is 453. The van der Waals surface area contributed by atoms with Gasteiger partial charge < -0.3 is 5.32 Å². The molecule has 0 bridgehead atoms. The average molecular weight is 268 g/mol. The van der Waals surface area contributed by atoms with Crippen LogP contribution in [0, 0.1) is 5.92 Å². The van der Waals surface area contributed by atoms with Crippen LogP contribution >= 0.6 is 0 Å². The summed E-state index contributed by atoms with van der Waals surface area (Å²) in [5.41, 5.74) is 0.992. The lowest BCUT2D eigenvalue weighted by Gasteiger charge is -2.22. The van der Waals surface area contributed by atoms with E-state index in [4.69, 9.17) is 0 Å². The Balaban J connectivity index is 1.83.